The van der Waals surface area contributed by atoms with Gasteiger partial charge in [-0.15, -0.1) is 6.58 Å². The number of nitrogens with one attached hydrogen (secondary N) is 2. The van der Waals surface area contributed by atoms with Crippen LogP contribution in [-0.2, 0) is 27.3 Å². The zero-order chi connectivity index (χ0) is 41.0. The summed E-state index contributed by atoms with van der Waals surface area (Å²) in [7, 11) is 0. The van der Waals surface area contributed by atoms with Crippen LogP contribution < -0.4 is 26.0 Å². The lowest BCUT2D eigenvalue weighted by Gasteiger charge is -2.56. The first-order chi connectivity index (χ1) is 29.3. The van der Waals surface area contributed by atoms with Gasteiger partial charge >= 0.3 is 0 Å². The fraction of sp³-hybridized carbons (Fsp3) is 0.435. The smallest absolute Gasteiger partial charge is 0.278 e. The van der Waals surface area contributed by atoms with Crippen molar-refractivity contribution in [2.75, 3.05) is 61.0 Å². The number of carbonyl (C=O) groups excluding carboxylic acids is 2. The number of hydrogen-bond acceptors (Lipinski definition) is 11. The number of benzene rings is 2. The van der Waals surface area contributed by atoms with E-state index in [0.717, 1.165) is 101 Å². The quantitative estimate of drug-likeness (QED) is 0.138. The fourth-order valence-electron chi connectivity index (χ4n) is 10.2. The third-order valence-corrected chi connectivity index (χ3v) is 13.4. The van der Waals surface area contributed by atoms with E-state index in [2.05, 4.69) is 86.3 Å². The molecular formula is C46H52N10O4. The average Bonchev–Trinajstić information content (AvgIpc) is 3.80. The molecule has 4 aliphatic heterocycles. The molecule has 14 nitrogen and oxygen atoms in total. The maximum Gasteiger partial charge on any atom is 0.278 e. The highest BCUT2D eigenvalue weighted by Crippen LogP contribution is 2.38. The Morgan fingerprint density at radius 3 is 2.53 bits per heavy atom. The maximum absolute atomic E-state index is 13.5. The lowest BCUT2D eigenvalue weighted by Crippen LogP contribution is -2.71. The number of hydrogen-bond donors (Lipinski definition) is 2. The van der Waals surface area contributed by atoms with Crippen molar-refractivity contribution in [3.05, 3.63) is 107 Å². The summed E-state index contributed by atoms with van der Waals surface area (Å²) in [6.07, 6.45) is 9.60. The van der Waals surface area contributed by atoms with E-state index in [-0.39, 0.29) is 28.9 Å². The number of rotatable bonds is 10. The molecule has 0 saturated carbocycles. The molecule has 60 heavy (non-hydrogen) atoms. The number of morpholine rings is 1. The molecule has 1 aliphatic carbocycles. The number of carbonyl (C=O) groups is 2. The van der Waals surface area contributed by atoms with Gasteiger partial charge in [0.15, 0.2) is 11.5 Å². The average molecular weight is 809 g/mol. The second kappa shape index (κ2) is 15.6. The lowest BCUT2D eigenvalue weighted by atomic mass is 9.87. The number of aromatic nitrogens is 5. The molecule has 7 heterocycles. The Kier molecular flexibility index (Phi) is 9.99. The van der Waals surface area contributed by atoms with Gasteiger partial charge in [0.25, 0.3) is 5.56 Å². The highest BCUT2D eigenvalue weighted by atomic mass is 16.5. The summed E-state index contributed by atoms with van der Waals surface area (Å²) in [6.45, 7) is 12.6. The number of anilines is 4. The monoisotopic (exact) mass is 808 g/mol. The van der Waals surface area contributed by atoms with Gasteiger partial charge in [-0.25, -0.2) is 19.3 Å². The number of nitrogens with zero attached hydrogens (tertiary/aromatic N) is 8. The molecule has 2 N–H and O–H groups in total. The van der Waals surface area contributed by atoms with Gasteiger partial charge in [0, 0.05) is 73.5 Å². The summed E-state index contributed by atoms with van der Waals surface area (Å²) >= 11 is 0. The number of fused-ring (bicyclic) bond motifs is 2. The first kappa shape index (κ1) is 38.3. The molecule has 14 heteroatoms. The summed E-state index contributed by atoms with van der Waals surface area (Å²) in [4.78, 5) is 59.7. The van der Waals surface area contributed by atoms with E-state index in [1.807, 2.05) is 22.9 Å². The number of pyridine rings is 1. The van der Waals surface area contributed by atoms with Gasteiger partial charge in [-0.3, -0.25) is 24.6 Å². The van der Waals surface area contributed by atoms with Crippen molar-refractivity contribution in [1.82, 2.24) is 34.5 Å². The van der Waals surface area contributed by atoms with Crippen LogP contribution in [0.1, 0.15) is 74.1 Å². The number of allylic oxidation sites excluding steroid dienone is 1. The minimum Gasteiger partial charge on any atom is -0.371 e. The Morgan fingerprint density at radius 1 is 0.917 bits per heavy atom. The van der Waals surface area contributed by atoms with Crippen LogP contribution in [0, 0.1) is 0 Å². The van der Waals surface area contributed by atoms with E-state index in [0.29, 0.717) is 54.1 Å². The molecule has 2 atom stereocenters. The topological polar surface area (TPSA) is 143 Å². The molecule has 4 saturated heterocycles. The number of imide groups is 1. The summed E-state index contributed by atoms with van der Waals surface area (Å²) < 4.78 is 9.89. The molecule has 2 aromatic carbocycles. The Labute approximate surface area is 349 Å². The maximum atomic E-state index is 13.5. The van der Waals surface area contributed by atoms with Gasteiger partial charge in [0.05, 0.1) is 32.2 Å². The molecule has 2 amide bonds. The number of piperidine rings is 2. The molecule has 0 radical (unpaired) electrons. The van der Waals surface area contributed by atoms with Gasteiger partial charge in [-0.2, -0.15) is 4.98 Å². The summed E-state index contributed by atoms with van der Waals surface area (Å²) in [5.74, 6) is 0.836. The Hall–Kier alpha value is -5.86. The molecular weight excluding hydrogens is 757 g/mol. The Balaban J connectivity index is 0.765. The van der Waals surface area contributed by atoms with E-state index < -0.39 is 0 Å². The van der Waals surface area contributed by atoms with E-state index in [4.69, 9.17) is 14.7 Å². The molecule has 0 bridgehead atoms. The molecule has 310 valence electrons. The normalized spacial score (nSPS) is 21.9. The predicted octanol–water partition coefficient (Wildman–Crippen LogP) is 5.43. The molecule has 10 rings (SSSR count). The largest absolute Gasteiger partial charge is 0.371 e. The summed E-state index contributed by atoms with van der Waals surface area (Å²) in [5, 5.41) is 6.30. The Bertz CT molecular complexity index is 2520. The molecule has 4 fully saturated rings. The SMILES string of the molecule is C=CCn1c(=O)c2cnc(Nc3ccc(N4CCC(N5CCOC6(CN(c7cccc(C8CCC(=O)NC8=O)c7)C6)C5)CC4)cc3)nc2n1-c1ccc2c(n1)[C@@H](CC)CC2. The van der Waals surface area contributed by atoms with Crippen LogP contribution in [0.2, 0.25) is 0 Å². The van der Waals surface area contributed by atoms with E-state index in [1.54, 1.807) is 17.0 Å². The predicted molar refractivity (Wildman–Crippen MR) is 231 cm³/mol. The summed E-state index contributed by atoms with van der Waals surface area (Å²) in [6, 6.07) is 21.3. The van der Waals surface area contributed by atoms with Crippen LogP contribution in [-0.4, -0.2) is 98.5 Å². The molecule has 5 aromatic rings. The van der Waals surface area contributed by atoms with Crippen LogP contribution in [0.5, 0.6) is 0 Å². The van der Waals surface area contributed by atoms with Crippen LogP contribution in [0.4, 0.5) is 23.0 Å². The molecule has 3 aromatic heterocycles. The Morgan fingerprint density at radius 2 is 1.75 bits per heavy atom. The zero-order valence-electron chi connectivity index (χ0n) is 34.2. The summed E-state index contributed by atoms with van der Waals surface area (Å²) in [5.41, 5.74) is 6.68. The van der Waals surface area contributed by atoms with Crippen LogP contribution >= 0.6 is 0 Å². The second-order valence-corrected chi connectivity index (χ2v) is 17.1. The van der Waals surface area contributed by atoms with Crippen molar-refractivity contribution in [2.24, 2.45) is 0 Å². The molecule has 5 aliphatic rings. The number of ether oxygens (including phenoxy) is 1. The second-order valence-electron chi connectivity index (χ2n) is 17.1. The number of aryl methyl sites for hydroxylation is 1. The van der Waals surface area contributed by atoms with Crippen molar-refractivity contribution >= 4 is 45.9 Å². The lowest BCUT2D eigenvalue weighted by molar-refractivity contribution is -0.134. The molecule has 1 spiro atoms. The van der Waals surface area contributed by atoms with E-state index in [9.17, 15) is 14.4 Å². The van der Waals surface area contributed by atoms with Crippen LogP contribution in [0.15, 0.2) is 84.3 Å². The van der Waals surface area contributed by atoms with E-state index >= 15 is 0 Å². The van der Waals surface area contributed by atoms with Gasteiger partial charge in [-0.05, 0) is 92.1 Å². The van der Waals surface area contributed by atoms with Gasteiger partial charge in [0.2, 0.25) is 17.8 Å². The third kappa shape index (κ3) is 7.04. The minimum atomic E-state index is -0.284. The van der Waals surface area contributed by atoms with Crippen LogP contribution in [0.3, 0.4) is 0 Å². The van der Waals surface area contributed by atoms with Crippen molar-refractivity contribution in [3.63, 3.8) is 0 Å². The van der Waals surface area contributed by atoms with Crippen molar-refractivity contribution in [2.45, 2.75) is 81.9 Å². The van der Waals surface area contributed by atoms with Gasteiger partial charge in [0.1, 0.15) is 11.0 Å². The van der Waals surface area contributed by atoms with Crippen molar-refractivity contribution < 1.29 is 14.3 Å². The van der Waals surface area contributed by atoms with Crippen molar-refractivity contribution in [1.29, 1.82) is 0 Å². The first-order valence-electron chi connectivity index (χ1n) is 21.6. The van der Waals surface area contributed by atoms with E-state index in [1.165, 1.54) is 11.3 Å². The highest BCUT2D eigenvalue weighted by Gasteiger charge is 2.48. The van der Waals surface area contributed by atoms with Gasteiger partial charge in [-0.1, -0.05) is 31.2 Å². The first-order valence-corrected chi connectivity index (χ1v) is 21.6. The highest BCUT2D eigenvalue weighted by molar-refractivity contribution is 6.01. The number of amides is 2. The fourth-order valence-corrected chi connectivity index (χ4v) is 10.2. The molecule has 1 unspecified atom stereocenters. The zero-order valence-corrected chi connectivity index (χ0v) is 34.2. The van der Waals surface area contributed by atoms with Crippen LogP contribution in [0.25, 0.3) is 16.9 Å². The standard InChI is InChI=1S/C46H52N10O4/c1-3-20-55-44(59)38-26-47-45(51-42(38)56(55)39-16-10-31-9-8-30(4-2)41(31)49-39)48-33-11-13-34(14-12-33)52-21-18-35(19-22-52)53-23-24-60-46(27-53)28-54(29-46)36-7-5-6-32(25-36)37-15-17-40(57)50-43(37)58/h3,5-7,10-14,16,25-26,30,35,37H,1,4,8-9,15,17-24,27-29H2,2H3,(H,47,48,51)(H,50,57,58)/t30-,37?/m0/s1. The minimum absolute atomic E-state index is 0.173. The van der Waals surface area contributed by atoms with Crippen molar-refractivity contribution in [3.8, 4) is 5.82 Å². The van der Waals surface area contributed by atoms with Gasteiger partial charge < -0.3 is 19.9 Å². The third-order valence-electron chi connectivity index (χ3n) is 13.4.